The smallest absolute Gasteiger partial charge is 0.148 e. The second kappa shape index (κ2) is 19.7. The van der Waals surface area contributed by atoms with Gasteiger partial charge in [-0.3, -0.25) is 9.55 Å². The third kappa shape index (κ3) is 9.34. The monoisotopic (exact) mass is 1100 g/mol. The van der Waals surface area contributed by atoms with E-state index >= 15 is 0 Å². The van der Waals surface area contributed by atoms with Crippen LogP contribution in [-0.4, -0.2) is 19.6 Å². The van der Waals surface area contributed by atoms with E-state index in [-0.39, 0.29) is 37.8 Å². The molecular formula is C65H58N3OPt-. The molecule has 0 aliphatic carbocycles. The Morgan fingerprint density at radius 3 is 1.83 bits per heavy atom. The Morgan fingerprint density at radius 2 is 1.20 bits per heavy atom. The fourth-order valence-corrected chi connectivity index (χ4v) is 9.26. The number of aryl methyl sites for hydroxylation is 1. The molecule has 70 heavy (non-hydrogen) atoms. The second-order valence-corrected chi connectivity index (χ2v) is 19.3. The Labute approximate surface area is 435 Å². The summed E-state index contributed by atoms with van der Waals surface area (Å²) in [5, 5.41) is 12.6. The summed E-state index contributed by atoms with van der Waals surface area (Å²) in [7, 11) is 0. The van der Waals surface area contributed by atoms with Crippen molar-refractivity contribution in [2.75, 3.05) is 0 Å². The van der Waals surface area contributed by atoms with Crippen LogP contribution in [0.5, 0.6) is 5.75 Å². The number of phenolic OH excluding ortho intramolecular Hbond substituents is 1. The average molecular weight is 1100 g/mol. The summed E-state index contributed by atoms with van der Waals surface area (Å²) < 4.78 is 47.5. The predicted molar refractivity (Wildman–Crippen MR) is 289 cm³/mol. The van der Waals surface area contributed by atoms with Gasteiger partial charge < -0.3 is 5.11 Å². The number of pyridine rings is 1. The molecule has 10 rings (SSSR count). The molecular weight excluding hydrogens is 1030 g/mol. The normalized spacial score (nSPS) is 13.2. The van der Waals surface area contributed by atoms with Crippen LogP contribution in [0.25, 0.3) is 95.0 Å². The summed E-state index contributed by atoms with van der Waals surface area (Å²) in [5.41, 5.74) is 14.2. The predicted octanol–water partition coefficient (Wildman–Crippen LogP) is 17.4. The molecule has 0 saturated carbocycles. The molecule has 0 unspecified atom stereocenters. The fourth-order valence-electron chi connectivity index (χ4n) is 9.26. The maximum absolute atomic E-state index is 12.6. The summed E-state index contributed by atoms with van der Waals surface area (Å²) in [5.74, 6) is -2.16. The zero-order valence-electron chi connectivity index (χ0n) is 45.5. The van der Waals surface area contributed by atoms with E-state index in [1.165, 1.54) is 0 Å². The first kappa shape index (κ1) is 41.8. The van der Waals surface area contributed by atoms with Gasteiger partial charge in [0.25, 0.3) is 0 Å². The molecule has 0 spiro atoms. The Balaban J connectivity index is 0.00000689. The van der Waals surface area contributed by atoms with Gasteiger partial charge in [0, 0.05) is 45.4 Å². The molecule has 0 atom stereocenters. The summed E-state index contributed by atoms with van der Waals surface area (Å²) in [6.45, 7) is 11.0. The van der Waals surface area contributed by atoms with Gasteiger partial charge >= 0.3 is 0 Å². The number of rotatable bonds is 10. The van der Waals surface area contributed by atoms with Crippen molar-refractivity contribution >= 4 is 11.0 Å². The molecule has 0 radical (unpaired) electrons. The largest absolute Gasteiger partial charge is 0.507 e. The van der Waals surface area contributed by atoms with Crippen LogP contribution in [0.2, 0.25) is 0 Å². The van der Waals surface area contributed by atoms with Gasteiger partial charge in [-0.25, -0.2) is 4.98 Å². The minimum absolute atomic E-state index is 0. The van der Waals surface area contributed by atoms with Crippen molar-refractivity contribution in [2.45, 2.75) is 72.5 Å². The number of aromatic nitrogens is 3. The molecule has 0 aliphatic heterocycles. The van der Waals surface area contributed by atoms with Crippen molar-refractivity contribution in [3.8, 4) is 89.7 Å². The van der Waals surface area contributed by atoms with Gasteiger partial charge in [-0.2, -0.15) is 0 Å². The molecule has 2 aromatic heterocycles. The van der Waals surface area contributed by atoms with E-state index in [0.717, 1.165) is 61.3 Å². The van der Waals surface area contributed by atoms with Crippen molar-refractivity contribution in [3.63, 3.8) is 0 Å². The standard InChI is InChI=1S/C65H58N3O.Pt/c1-41(2)49-37-55(42(3)4)63(69)58(38-49)64-67-62-54(51-34-50(45-21-14-10-15-22-45)35-52(36-51)59-39-48(31-32-66-59)44-19-12-9-13-20-44)25-18-26-60(62)68(64)61-40-56(46-23-16-11-17-24-46)43(5)33-57(61)47-27-29-53(30-28-47)65(6,7)8;/h9-35,37-42,69H,1-8H3;/q-1;/i5D3,41D,42D;. The van der Waals surface area contributed by atoms with E-state index < -0.39 is 18.6 Å². The molecule has 1 N–H and O–H groups in total. The van der Waals surface area contributed by atoms with Crippen LogP contribution in [0.15, 0.2) is 188 Å². The SMILES string of the molecule is [2H]C([2H])([2H])c1cc(-c2ccc(C(C)(C)C)cc2)c(-n2c(-c3cc(C([2H])(C)C)cc(C([2H])(C)C)c3O)nc3c(-c4[c-]c(-c5cc(-c6ccccc6)ccn5)cc(-c5ccccc5)c4)cccc32)cc1-c1ccccc1.[Pt]. The summed E-state index contributed by atoms with van der Waals surface area (Å²) in [6.07, 6.45) is 1.83. The summed E-state index contributed by atoms with van der Waals surface area (Å²) >= 11 is 0. The van der Waals surface area contributed by atoms with Gasteiger partial charge in [0.1, 0.15) is 11.6 Å². The zero-order valence-corrected chi connectivity index (χ0v) is 42.8. The van der Waals surface area contributed by atoms with Crippen LogP contribution in [0.1, 0.15) is 89.4 Å². The van der Waals surface area contributed by atoms with Crippen LogP contribution in [0.4, 0.5) is 0 Å². The number of fused-ring (bicyclic) bond motifs is 1. The van der Waals surface area contributed by atoms with E-state index in [4.69, 9.17) is 14.1 Å². The van der Waals surface area contributed by atoms with Gasteiger partial charge in [-0.05, 0) is 110 Å². The van der Waals surface area contributed by atoms with Gasteiger partial charge in [-0.1, -0.05) is 205 Å². The third-order valence-corrected chi connectivity index (χ3v) is 13.1. The number of hydrogen-bond acceptors (Lipinski definition) is 3. The number of imidazole rings is 1. The van der Waals surface area contributed by atoms with Crippen molar-refractivity contribution in [1.29, 1.82) is 0 Å². The minimum Gasteiger partial charge on any atom is -0.507 e. The molecule has 0 bridgehead atoms. The Morgan fingerprint density at radius 1 is 0.571 bits per heavy atom. The topological polar surface area (TPSA) is 50.9 Å². The summed E-state index contributed by atoms with van der Waals surface area (Å²) in [4.78, 5) is 10.5. The number of nitrogens with zero attached hydrogens (tertiary/aromatic N) is 3. The number of hydrogen-bond donors (Lipinski definition) is 1. The van der Waals surface area contributed by atoms with E-state index in [0.29, 0.717) is 50.4 Å². The van der Waals surface area contributed by atoms with Crippen LogP contribution in [0.3, 0.4) is 0 Å². The van der Waals surface area contributed by atoms with E-state index in [1.54, 1.807) is 39.8 Å². The van der Waals surface area contributed by atoms with Crippen molar-refractivity contribution < 1.29 is 33.0 Å². The molecule has 350 valence electrons. The second-order valence-electron chi connectivity index (χ2n) is 19.3. The zero-order chi connectivity index (χ0) is 52.3. The first-order valence-corrected chi connectivity index (χ1v) is 23.5. The van der Waals surface area contributed by atoms with E-state index in [2.05, 4.69) is 81.4 Å². The van der Waals surface area contributed by atoms with Crippen molar-refractivity contribution in [2.24, 2.45) is 0 Å². The Hall–Kier alpha value is -7.13. The van der Waals surface area contributed by atoms with Gasteiger partial charge in [-0.15, -0.1) is 23.8 Å². The Bertz CT molecular complexity index is 3700. The maximum atomic E-state index is 12.6. The van der Waals surface area contributed by atoms with Crippen LogP contribution >= 0.6 is 0 Å². The molecule has 4 nitrogen and oxygen atoms in total. The van der Waals surface area contributed by atoms with Crippen LogP contribution < -0.4 is 0 Å². The molecule has 0 saturated heterocycles. The first-order chi connectivity index (χ1) is 35.1. The van der Waals surface area contributed by atoms with Crippen LogP contribution in [0, 0.1) is 12.9 Å². The molecule has 0 aliphatic rings. The fraction of sp³-hybridized carbons (Fsp3) is 0.169. The average Bonchev–Trinajstić information content (AvgIpc) is 3.79. The Kier molecular flexibility index (Phi) is 11.8. The number of benzene rings is 8. The minimum atomic E-state index is -2.50. The van der Waals surface area contributed by atoms with Crippen molar-refractivity contribution in [1.82, 2.24) is 14.5 Å². The molecule has 0 fully saturated rings. The molecule has 8 aromatic carbocycles. The summed E-state index contributed by atoms with van der Waals surface area (Å²) in [6, 6.07) is 63.7. The van der Waals surface area contributed by atoms with Crippen molar-refractivity contribution in [3.05, 3.63) is 217 Å². The maximum Gasteiger partial charge on any atom is 0.148 e. The quantitative estimate of drug-likeness (QED) is 0.139. The van der Waals surface area contributed by atoms with E-state index in [1.807, 2.05) is 126 Å². The number of phenols is 1. The third-order valence-electron chi connectivity index (χ3n) is 13.1. The molecule has 10 aromatic rings. The first-order valence-electron chi connectivity index (χ1n) is 26.0. The van der Waals surface area contributed by atoms with E-state index in [9.17, 15) is 7.85 Å². The number of aromatic hydroxyl groups is 1. The molecule has 0 amide bonds. The molecule has 2 heterocycles. The number of para-hydroxylation sites is 1. The molecule has 5 heteroatoms. The van der Waals surface area contributed by atoms with Gasteiger partial charge in [0.15, 0.2) is 0 Å². The van der Waals surface area contributed by atoms with Gasteiger partial charge in [0.05, 0.1) is 22.3 Å². The van der Waals surface area contributed by atoms with Gasteiger partial charge in [0.2, 0.25) is 0 Å². The van der Waals surface area contributed by atoms with Crippen LogP contribution in [-0.2, 0) is 26.5 Å².